The lowest BCUT2D eigenvalue weighted by Gasteiger charge is -2.27. The average molecular weight is 330 g/mol. The zero-order valence-electron chi connectivity index (χ0n) is 13.7. The van der Waals surface area contributed by atoms with Crippen LogP contribution in [-0.4, -0.2) is 28.7 Å². The van der Waals surface area contributed by atoms with Crippen LogP contribution in [0.5, 0.6) is 0 Å². The molecule has 2 amide bonds. The van der Waals surface area contributed by atoms with Crippen molar-refractivity contribution >= 4 is 11.8 Å². The summed E-state index contributed by atoms with van der Waals surface area (Å²) in [4.78, 5) is 39.6. The summed E-state index contributed by atoms with van der Waals surface area (Å²) in [5.74, 6) is -1.58. The third kappa shape index (κ3) is 4.02. The van der Waals surface area contributed by atoms with Gasteiger partial charge in [0.05, 0.1) is 11.5 Å². The number of pyridine rings is 1. The summed E-state index contributed by atoms with van der Waals surface area (Å²) in [6.45, 7) is 0. The molecule has 1 atom stereocenters. The molecule has 1 aliphatic rings. The summed E-state index contributed by atoms with van der Waals surface area (Å²) in [6, 6.07) is 2.55. The maximum Gasteiger partial charge on any atom is 0.250 e. The van der Waals surface area contributed by atoms with Crippen LogP contribution in [0.4, 0.5) is 0 Å². The minimum atomic E-state index is -0.755. The first-order chi connectivity index (χ1) is 11.4. The normalized spacial score (nSPS) is 16.2. The molecule has 0 radical (unpaired) electrons. The standard InChI is InChI=1S/C17H22N4O3/c1-21(10-18)17(24)13(9-11-5-3-2-4-6-11)15-12(16(19)23)7-8-14(22)20-15/h7-8,11,13H,2-6,9H2,1H3,(H2,19,23)(H,20,22)/t13-/m0/s1. The molecule has 7 nitrogen and oxygen atoms in total. The van der Waals surface area contributed by atoms with Gasteiger partial charge in [0, 0.05) is 18.8 Å². The van der Waals surface area contributed by atoms with Crippen LogP contribution in [0.1, 0.15) is 60.5 Å². The van der Waals surface area contributed by atoms with Crippen LogP contribution in [0.3, 0.4) is 0 Å². The lowest BCUT2D eigenvalue weighted by Crippen LogP contribution is -2.33. The van der Waals surface area contributed by atoms with Gasteiger partial charge in [0.15, 0.2) is 6.19 Å². The summed E-state index contributed by atoms with van der Waals surface area (Å²) in [7, 11) is 1.38. The van der Waals surface area contributed by atoms with Gasteiger partial charge < -0.3 is 10.7 Å². The third-order valence-electron chi connectivity index (χ3n) is 4.64. The second kappa shape index (κ2) is 7.77. The maximum atomic E-state index is 12.7. The molecule has 128 valence electrons. The molecule has 0 spiro atoms. The molecule has 0 aromatic carbocycles. The highest BCUT2D eigenvalue weighted by Gasteiger charge is 2.31. The van der Waals surface area contributed by atoms with Crippen LogP contribution in [0.15, 0.2) is 16.9 Å². The predicted molar refractivity (Wildman–Crippen MR) is 87.9 cm³/mol. The molecule has 24 heavy (non-hydrogen) atoms. The first-order valence-electron chi connectivity index (χ1n) is 8.14. The number of H-pyrrole nitrogens is 1. The monoisotopic (exact) mass is 330 g/mol. The Hall–Kier alpha value is -2.62. The number of aromatic nitrogens is 1. The molecule has 2 rings (SSSR count). The molecule has 0 bridgehead atoms. The quantitative estimate of drug-likeness (QED) is 0.627. The van der Waals surface area contributed by atoms with Gasteiger partial charge in [0.25, 0.3) is 0 Å². The lowest BCUT2D eigenvalue weighted by atomic mass is 9.80. The van der Waals surface area contributed by atoms with E-state index in [0.717, 1.165) is 30.6 Å². The third-order valence-corrected chi connectivity index (χ3v) is 4.64. The molecule has 0 unspecified atom stereocenters. The Kier molecular flexibility index (Phi) is 5.74. The zero-order valence-corrected chi connectivity index (χ0v) is 13.7. The highest BCUT2D eigenvalue weighted by Crippen LogP contribution is 2.34. The van der Waals surface area contributed by atoms with Gasteiger partial charge in [-0.2, -0.15) is 5.26 Å². The number of nitrogens with one attached hydrogen (secondary N) is 1. The van der Waals surface area contributed by atoms with Gasteiger partial charge in [-0.25, -0.2) is 0 Å². The molecule has 0 saturated heterocycles. The van der Waals surface area contributed by atoms with E-state index in [1.54, 1.807) is 6.19 Å². The zero-order chi connectivity index (χ0) is 17.7. The average Bonchev–Trinajstić information content (AvgIpc) is 2.58. The lowest BCUT2D eigenvalue weighted by molar-refractivity contribution is -0.129. The van der Waals surface area contributed by atoms with E-state index in [-0.39, 0.29) is 11.3 Å². The largest absolute Gasteiger partial charge is 0.366 e. The number of aromatic amines is 1. The number of nitrogens with zero attached hydrogens (tertiary/aromatic N) is 2. The molecular weight excluding hydrogens is 308 g/mol. The van der Waals surface area contributed by atoms with E-state index >= 15 is 0 Å². The van der Waals surface area contributed by atoms with E-state index in [2.05, 4.69) is 4.98 Å². The minimum absolute atomic E-state index is 0.120. The van der Waals surface area contributed by atoms with Gasteiger partial charge in [-0.15, -0.1) is 0 Å². The van der Waals surface area contributed by atoms with Gasteiger partial charge >= 0.3 is 0 Å². The van der Waals surface area contributed by atoms with Gasteiger partial charge in [-0.1, -0.05) is 32.1 Å². The van der Waals surface area contributed by atoms with Crippen molar-refractivity contribution in [2.45, 2.75) is 44.4 Å². The van der Waals surface area contributed by atoms with Crippen molar-refractivity contribution in [3.05, 3.63) is 33.7 Å². The van der Waals surface area contributed by atoms with E-state index in [4.69, 9.17) is 11.0 Å². The van der Waals surface area contributed by atoms with Crippen molar-refractivity contribution in [1.29, 1.82) is 5.26 Å². The highest BCUT2D eigenvalue weighted by atomic mass is 16.2. The summed E-state index contributed by atoms with van der Waals surface area (Å²) in [5, 5.41) is 9.03. The van der Waals surface area contributed by atoms with Gasteiger partial charge in [-0.3, -0.25) is 19.3 Å². The van der Waals surface area contributed by atoms with E-state index in [0.29, 0.717) is 12.3 Å². The van der Waals surface area contributed by atoms with Crippen molar-refractivity contribution in [3.63, 3.8) is 0 Å². The van der Waals surface area contributed by atoms with Crippen LogP contribution in [-0.2, 0) is 4.79 Å². The summed E-state index contributed by atoms with van der Waals surface area (Å²) in [5.41, 5.74) is 5.32. The number of nitriles is 1. The second-order valence-electron chi connectivity index (χ2n) is 6.30. The number of amides is 2. The summed E-state index contributed by atoms with van der Waals surface area (Å²) < 4.78 is 0. The summed E-state index contributed by atoms with van der Waals surface area (Å²) in [6.07, 6.45) is 7.68. The van der Waals surface area contributed by atoms with Gasteiger partial charge in [-0.05, 0) is 18.4 Å². The molecule has 0 aliphatic heterocycles. The topological polar surface area (TPSA) is 120 Å². The Balaban J connectivity index is 2.43. The fourth-order valence-electron chi connectivity index (χ4n) is 3.36. The number of hydrogen-bond donors (Lipinski definition) is 2. The number of carbonyl (C=O) groups excluding carboxylic acids is 2. The Morgan fingerprint density at radius 2 is 2.04 bits per heavy atom. The molecule has 1 heterocycles. The van der Waals surface area contributed by atoms with Gasteiger partial charge in [0.2, 0.25) is 17.4 Å². The fraction of sp³-hybridized carbons (Fsp3) is 0.529. The molecule has 3 N–H and O–H groups in total. The van der Waals surface area contributed by atoms with E-state index in [1.165, 1.54) is 25.6 Å². The second-order valence-corrected chi connectivity index (χ2v) is 6.30. The van der Waals surface area contributed by atoms with Crippen LogP contribution < -0.4 is 11.3 Å². The smallest absolute Gasteiger partial charge is 0.250 e. The van der Waals surface area contributed by atoms with Crippen LogP contribution >= 0.6 is 0 Å². The molecule has 1 fully saturated rings. The molecule has 1 aromatic rings. The summed E-state index contributed by atoms with van der Waals surface area (Å²) >= 11 is 0. The first kappa shape index (κ1) is 17.7. The maximum absolute atomic E-state index is 12.7. The highest BCUT2D eigenvalue weighted by molar-refractivity contribution is 5.96. The molecule has 1 saturated carbocycles. The Morgan fingerprint density at radius 1 is 1.38 bits per heavy atom. The number of rotatable bonds is 5. The SMILES string of the molecule is CN(C#N)C(=O)[C@@H](CC1CCCCC1)c1[nH]c(=O)ccc1C(N)=O. The Labute approximate surface area is 140 Å². The molecular formula is C17H22N4O3. The van der Waals surface area contributed by atoms with E-state index in [9.17, 15) is 14.4 Å². The van der Waals surface area contributed by atoms with E-state index < -0.39 is 23.3 Å². The minimum Gasteiger partial charge on any atom is -0.366 e. The predicted octanol–water partition coefficient (Wildman–Crippen LogP) is 1.47. The molecule has 7 heteroatoms. The number of hydrogen-bond acceptors (Lipinski definition) is 4. The van der Waals surface area contributed by atoms with Gasteiger partial charge in [0.1, 0.15) is 0 Å². The van der Waals surface area contributed by atoms with Crippen LogP contribution in [0.25, 0.3) is 0 Å². The molecule has 1 aliphatic carbocycles. The number of primary amides is 1. The Morgan fingerprint density at radius 3 is 2.62 bits per heavy atom. The van der Waals surface area contributed by atoms with E-state index in [1.807, 2.05) is 0 Å². The van der Waals surface area contributed by atoms with Crippen molar-refractivity contribution in [1.82, 2.24) is 9.88 Å². The molecule has 1 aromatic heterocycles. The van der Waals surface area contributed by atoms with Crippen molar-refractivity contribution < 1.29 is 9.59 Å². The van der Waals surface area contributed by atoms with Crippen molar-refractivity contribution in [2.75, 3.05) is 7.05 Å². The van der Waals surface area contributed by atoms with Crippen molar-refractivity contribution in [2.24, 2.45) is 11.7 Å². The van der Waals surface area contributed by atoms with Crippen LogP contribution in [0.2, 0.25) is 0 Å². The Bertz CT molecular complexity index is 713. The van der Waals surface area contributed by atoms with Crippen molar-refractivity contribution in [3.8, 4) is 6.19 Å². The first-order valence-corrected chi connectivity index (χ1v) is 8.14. The number of nitrogens with two attached hydrogens (primary N) is 1. The fourth-order valence-corrected chi connectivity index (χ4v) is 3.36. The number of carbonyl (C=O) groups is 2. The van der Waals surface area contributed by atoms with Crippen LogP contribution in [0, 0.1) is 17.4 Å². The number of likely N-dealkylation sites (N-methyl/N-ethyl adjacent to an activating group) is 1.